The fraction of sp³-hybridized carbons (Fsp3) is 0.571. The van der Waals surface area contributed by atoms with E-state index in [1.807, 2.05) is 12.1 Å². The summed E-state index contributed by atoms with van der Waals surface area (Å²) < 4.78 is 12.0. The van der Waals surface area contributed by atoms with Gasteiger partial charge in [0.1, 0.15) is 5.75 Å². The Balaban J connectivity index is 2.32. The molecule has 2 rings (SSSR count). The molecule has 19 heavy (non-hydrogen) atoms. The van der Waals surface area contributed by atoms with E-state index >= 15 is 0 Å². The molecule has 1 aromatic rings. The van der Waals surface area contributed by atoms with Crippen LogP contribution in [0.25, 0.3) is 0 Å². The van der Waals surface area contributed by atoms with Gasteiger partial charge >= 0.3 is 0 Å². The molecule has 0 spiro atoms. The highest BCUT2D eigenvalue weighted by Gasteiger charge is 2.28. The van der Waals surface area contributed by atoms with Crippen molar-refractivity contribution in [2.24, 2.45) is 5.73 Å². The summed E-state index contributed by atoms with van der Waals surface area (Å²) in [7, 11) is 1.70. The van der Waals surface area contributed by atoms with Gasteiger partial charge in [0.15, 0.2) is 0 Å². The van der Waals surface area contributed by atoms with E-state index < -0.39 is 0 Å². The van der Waals surface area contributed by atoms with Crippen molar-refractivity contribution in [3.8, 4) is 5.75 Å². The van der Waals surface area contributed by atoms with Crippen LogP contribution in [0, 0.1) is 0 Å². The molecular formula is C14H21BrN2O2. The van der Waals surface area contributed by atoms with Crippen molar-refractivity contribution in [2.45, 2.75) is 19.0 Å². The van der Waals surface area contributed by atoms with E-state index in [1.165, 1.54) is 0 Å². The third-order valence-electron chi connectivity index (χ3n) is 3.59. The minimum Gasteiger partial charge on any atom is -0.496 e. The van der Waals surface area contributed by atoms with Gasteiger partial charge in [-0.05, 0) is 25.1 Å². The van der Waals surface area contributed by atoms with Crippen LogP contribution in [0.1, 0.15) is 18.5 Å². The van der Waals surface area contributed by atoms with Gasteiger partial charge in [-0.3, -0.25) is 4.90 Å². The molecule has 0 aromatic heterocycles. The predicted octanol–water partition coefficient (Wildman–Crippen LogP) is 2.18. The fourth-order valence-electron chi connectivity index (χ4n) is 2.61. The van der Waals surface area contributed by atoms with Crippen LogP contribution < -0.4 is 10.5 Å². The minimum atomic E-state index is 0.159. The molecule has 1 saturated heterocycles. The SMILES string of the molecule is COc1ccc(Br)cc1C(CN)N1CCOCC1C. The normalized spacial score (nSPS) is 22.2. The van der Waals surface area contributed by atoms with Gasteiger partial charge in [-0.25, -0.2) is 0 Å². The van der Waals surface area contributed by atoms with Crippen LogP contribution >= 0.6 is 15.9 Å². The first-order chi connectivity index (χ1) is 9.17. The van der Waals surface area contributed by atoms with Crippen LogP contribution in [0.15, 0.2) is 22.7 Å². The number of nitrogens with two attached hydrogens (primary N) is 1. The summed E-state index contributed by atoms with van der Waals surface area (Å²) in [4.78, 5) is 2.40. The van der Waals surface area contributed by atoms with E-state index in [9.17, 15) is 0 Å². The number of hydrogen-bond acceptors (Lipinski definition) is 4. The highest BCUT2D eigenvalue weighted by atomic mass is 79.9. The zero-order valence-electron chi connectivity index (χ0n) is 11.4. The van der Waals surface area contributed by atoms with Gasteiger partial charge in [-0.1, -0.05) is 15.9 Å². The number of benzene rings is 1. The highest BCUT2D eigenvalue weighted by molar-refractivity contribution is 9.10. The second kappa shape index (κ2) is 6.70. The lowest BCUT2D eigenvalue weighted by molar-refractivity contribution is -0.0213. The summed E-state index contributed by atoms with van der Waals surface area (Å²) in [6.07, 6.45) is 0. The molecule has 5 heteroatoms. The first-order valence-corrected chi connectivity index (χ1v) is 7.33. The molecule has 106 valence electrons. The molecule has 2 atom stereocenters. The highest BCUT2D eigenvalue weighted by Crippen LogP contribution is 2.33. The molecule has 0 bridgehead atoms. The molecule has 2 N–H and O–H groups in total. The zero-order valence-corrected chi connectivity index (χ0v) is 13.0. The standard InChI is InChI=1S/C14H21BrN2O2/c1-10-9-19-6-5-17(10)13(8-16)12-7-11(15)3-4-14(12)18-2/h3-4,7,10,13H,5-6,8-9,16H2,1-2H3. The second-order valence-electron chi connectivity index (χ2n) is 4.80. The Morgan fingerprint density at radius 2 is 2.37 bits per heavy atom. The third kappa shape index (κ3) is 3.28. The molecule has 1 aromatic carbocycles. The van der Waals surface area contributed by atoms with E-state index in [0.29, 0.717) is 12.6 Å². The Morgan fingerprint density at radius 3 is 3.00 bits per heavy atom. The number of nitrogens with zero attached hydrogens (tertiary/aromatic N) is 1. The Hall–Kier alpha value is -0.620. The summed E-state index contributed by atoms with van der Waals surface area (Å²) >= 11 is 3.52. The number of rotatable bonds is 4. The summed E-state index contributed by atoms with van der Waals surface area (Å²) in [6, 6.07) is 6.59. The predicted molar refractivity (Wildman–Crippen MR) is 79.5 cm³/mol. The average molecular weight is 329 g/mol. The second-order valence-corrected chi connectivity index (χ2v) is 5.72. The summed E-state index contributed by atoms with van der Waals surface area (Å²) in [5.74, 6) is 0.886. The number of methoxy groups -OCH3 is 1. The third-order valence-corrected chi connectivity index (χ3v) is 4.09. The van der Waals surface area contributed by atoms with Crippen LogP contribution in [0.5, 0.6) is 5.75 Å². The van der Waals surface area contributed by atoms with Crippen molar-refractivity contribution in [1.29, 1.82) is 0 Å². The van der Waals surface area contributed by atoms with Gasteiger partial charge < -0.3 is 15.2 Å². The van der Waals surface area contributed by atoms with Crippen LogP contribution in [0.4, 0.5) is 0 Å². The lowest BCUT2D eigenvalue weighted by Gasteiger charge is -2.39. The van der Waals surface area contributed by atoms with Crippen molar-refractivity contribution in [1.82, 2.24) is 4.90 Å². The molecule has 1 heterocycles. The van der Waals surface area contributed by atoms with Crippen molar-refractivity contribution in [3.63, 3.8) is 0 Å². The molecular weight excluding hydrogens is 308 g/mol. The molecule has 1 fully saturated rings. The summed E-state index contributed by atoms with van der Waals surface area (Å²) in [6.45, 7) is 5.16. The summed E-state index contributed by atoms with van der Waals surface area (Å²) in [5, 5.41) is 0. The van der Waals surface area contributed by atoms with E-state index in [1.54, 1.807) is 7.11 Å². The maximum atomic E-state index is 6.02. The largest absolute Gasteiger partial charge is 0.496 e. The number of morpholine rings is 1. The molecule has 0 amide bonds. The Labute approximate surface area is 123 Å². The smallest absolute Gasteiger partial charge is 0.123 e. The topological polar surface area (TPSA) is 47.7 Å². The first kappa shape index (κ1) is 14.8. The zero-order chi connectivity index (χ0) is 13.8. The van der Waals surface area contributed by atoms with Crippen molar-refractivity contribution >= 4 is 15.9 Å². The monoisotopic (exact) mass is 328 g/mol. The van der Waals surface area contributed by atoms with Crippen LogP contribution in [0.2, 0.25) is 0 Å². The van der Waals surface area contributed by atoms with E-state index in [4.69, 9.17) is 15.2 Å². The molecule has 0 saturated carbocycles. The number of ether oxygens (including phenoxy) is 2. The van der Waals surface area contributed by atoms with Crippen molar-refractivity contribution < 1.29 is 9.47 Å². The average Bonchev–Trinajstić information content (AvgIpc) is 2.42. The summed E-state index contributed by atoms with van der Waals surface area (Å²) in [5.41, 5.74) is 7.15. The molecule has 0 aliphatic carbocycles. The van der Waals surface area contributed by atoms with Gasteiger partial charge in [-0.15, -0.1) is 0 Å². The lowest BCUT2D eigenvalue weighted by Crippen LogP contribution is -2.47. The maximum Gasteiger partial charge on any atom is 0.123 e. The van der Waals surface area contributed by atoms with Gasteiger partial charge in [0.25, 0.3) is 0 Å². The van der Waals surface area contributed by atoms with Gasteiger partial charge in [0.05, 0.1) is 26.4 Å². The van der Waals surface area contributed by atoms with Crippen molar-refractivity contribution in [2.75, 3.05) is 33.4 Å². The minimum absolute atomic E-state index is 0.159. The van der Waals surface area contributed by atoms with Crippen LogP contribution in [-0.4, -0.2) is 44.4 Å². The number of hydrogen-bond donors (Lipinski definition) is 1. The van der Waals surface area contributed by atoms with Crippen LogP contribution in [0.3, 0.4) is 0 Å². The van der Waals surface area contributed by atoms with Gasteiger partial charge in [0.2, 0.25) is 0 Å². The quantitative estimate of drug-likeness (QED) is 0.920. The van der Waals surface area contributed by atoms with Gasteiger partial charge in [0, 0.05) is 29.2 Å². The Bertz CT molecular complexity index is 428. The first-order valence-electron chi connectivity index (χ1n) is 6.54. The molecule has 1 aliphatic rings. The molecule has 1 aliphatic heterocycles. The fourth-order valence-corrected chi connectivity index (χ4v) is 2.99. The maximum absolute atomic E-state index is 6.02. The Kier molecular flexibility index (Phi) is 5.21. The van der Waals surface area contributed by atoms with Crippen molar-refractivity contribution in [3.05, 3.63) is 28.2 Å². The lowest BCUT2D eigenvalue weighted by atomic mass is 10.0. The van der Waals surface area contributed by atoms with Gasteiger partial charge in [-0.2, -0.15) is 0 Å². The Morgan fingerprint density at radius 1 is 1.58 bits per heavy atom. The van der Waals surface area contributed by atoms with E-state index in [-0.39, 0.29) is 6.04 Å². The van der Waals surface area contributed by atoms with E-state index in [0.717, 1.165) is 35.5 Å². The molecule has 2 unspecified atom stereocenters. The molecule has 4 nitrogen and oxygen atoms in total. The van der Waals surface area contributed by atoms with E-state index in [2.05, 4.69) is 33.8 Å². The molecule has 0 radical (unpaired) electrons. The number of halogens is 1. The van der Waals surface area contributed by atoms with Crippen LogP contribution in [-0.2, 0) is 4.74 Å².